The van der Waals surface area contributed by atoms with Crippen LogP contribution >= 0.6 is 11.6 Å². The van der Waals surface area contributed by atoms with Gasteiger partial charge in [0.1, 0.15) is 11.3 Å². The number of hydrogen-bond acceptors (Lipinski definition) is 2. The molecule has 0 aliphatic rings. The Balaban J connectivity index is 2.91. The van der Waals surface area contributed by atoms with Gasteiger partial charge >= 0.3 is 0 Å². The fourth-order valence-corrected chi connectivity index (χ4v) is 1.82. The lowest BCUT2D eigenvalue weighted by atomic mass is 10.1. The zero-order valence-corrected chi connectivity index (χ0v) is 8.80. The summed E-state index contributed by atoms with van der Waals surface area (Å²) in [6, 6.07) is 5.67. The maximum Gasteiger partial charge on any atom is 0.145 e. The van der Waals surface area contributed by atoms with Crippen molar-refractivity contribution < 1.29 is 4.74 Å². The fourth-order valence-electron chi connectivity index (χ4n) is 1.53. The summed E-state index contributed by atoms with van der Waals surface area (Å²) >= 11 is 6.10. The van der Waals surface area contributed by atoms with E-state index in [2.05, 4.69) is 4.98 Å². The van der Waals surface area contributed by atoms with Gasteiger partial charge in [-0.2, -0.15) is 0 Å². The molecule has 0 amide bonds. The van der Waals surface area contributed by atoms with Gasteiger partial charge in [0.25, 0.3) is 0 Å². The van der Waals surface area contributed by atoms with Crippen molar-refractivity contribution in [1.82, 2.24) is 4.98 Å². The van der Waals surface area contributed by atoms with Crippen LogP contribution in [0.2, 0.25) is 5.02 Å². The highest BCUT2D eigenvalue weighted by atomic mass is 35.5. The van der Waals surface area contributed by atoms with Gasteiger partial charge in [-0.05, 0) is 24.6 Å². The first-order valence-corrected chi connectivity index (χ1v) is 4.69. The molecule has 0 unspecified atom stereocenters. The molecule has 1 heterocycles. The van der Waals surface area contributed by atoms with E-state index in [9.17, 15) is 0 Å². The molecule has 0 N–H and O–H groups in total. The van der Waals surface area contributed by atoms with E-state index in [0.29, 0.717) is 5.02 Å². The van der Waals surface area contributed by atoms with E-state index in [4.69, 9.17) is 16.3 Å². The molecule has 2 aromatic rings. The summed E-state index contributed by atoms with van der Waals surface area (Å²) in [5.41, 5.74) is 1.93. The maximum absolute atomic E-state index is 6.10. The quantitative estimate of drug-likeness (QED) is 0.717. The van der Waals surface area contributed by atoms with Gasteiger partial charge in [0.15, 0.2) is 0 Å². The van der Waals surface area contributed by atoms with Gasteiger partial charge in [-0.3, -0.25) is 4.98 Å². The number of pyridine rings is 1. The normalized spacial score (nSPS) is 10.5. The highest BCUT2D eigenvalue weighted by Crippen LogP contribution is 2.31. The zero-order valence-electron chi connectivity index (χ0n) is 8.04. The van der Waals surface area contributed by atoms with Gasteiger partial charge in [-0.1, -0.05) is 17.7 Å². The van der Waals surface area contributed by atoms with Crippen molar-refractivity contribution in [2.45, 2.75) is 6.92 Å². The average molecular weight is 208 g/mol. The van der Waals surface area contributed by atoms with E-state index in [-0.39, 0.29) is 0 Å². The van der Waals surface area contributed by atoms with Crippen molar-refractivity contribution in [2.75, 3.05) is 7.11 Å². The number of aryl methyl sites for hydroxylation is 1. The molecule has 0 saturated heterocycles. The van der Waals surface area contributed by atoms with Crippen LogP contribution in [0.3, 0.4) is 0 Å². The number of benzene rings is 1. The molecule has 0 fully saturated rings. The summed E-state index contributed by atoms with van der Waals surface area (Å²) in [5.74, 6) is 0.758. The van der Waals surface area contributed by atoms with Gasteiger partial charge in [-0.25, -0.2) is 0 Å². The van der Waals surface area contributed by atoms with Crippen LogP contribution in [-0.4, -0.2) is 12.1 Å². The van der Waals surface area contributed by atoms with Crippen LogP contribution in [-0.2, 0) is 0 Å². The van der Waals surface area contributed by atoms with Crippen LogP contribution < -0.4 is 4.74 Å². The number of rotatable bonds is 1. The first-order valence-electron chi connectivity index (χ1n) is 4.32. The van der Waals surface area contributed by atoms with Gasteiger partial charge in [0.2, 0.25) is 0 Å². The Morgan fingerprint density at radius 1 is 1.29 bits per heavy atom. The molecule has 1 aromatic carbocycles. The SMILES string of the molecule is COc1ccc(C)c2c(Cl)ccnc12. The first kappa shape index (κ1) is 9.28. The van der Waals surface area contributed by atoms with Crippen molar-refractivity contribution in [1.29, 1.82) is 0 Å². The predicted molar refractivity (Wildman–Crippen MR) is 58.0 cm³/mol. The summed E-state index contributed by atoms with van der Waals surface area (Å²) < 4.78 is 5.22. The topological polar surface area (TPSA) is 22.1 Å². The minimum atomic E-state index is 0.714. The highest BCUT2D eigenvalue weighted by molar-refractivity contribution is 6.35. The van der Waals surface area contributed by atoms with Crippen molar-refractivity contribution in [3.63, 3.8) is 0 Å². The number of fused-ring (bicyclic) bond motifs is 1. The standard InChI is InChI=1S/C11H10ClNO/c1-7-3-4-9(14-2)11-10(7)8(12)5-6-13-11/h3-6H,1-2H3. The van der Waals surface area contributed by atoms with Crippen molar-refractivity contribution >= 4 is 22.5 Å². The summed E-state index contributed by atoms with van der Waals surface area (Å²) in [6.45, 7) is 2.01. The van der Waals surface area contributed by atoms with Gasteiger partial charge < -0.3 is 4.74 Å². The molecule has 0 aliphatic heterocycles. The Morgan fingerprint density at radius 3 is 2.79 bits per heavy atom. The van der Waals surface area contributed by atoms with E-state index >= 15 is 0 Å². The molecule has 72 valence electrons. The lowest BCUT2D eigenvalue weighted by Gasteiger charge is -2.07. The molecule has 0 aliphatic carbocycles. The van der Waals surface area contributed by atoms with Crippen LogP contribution in [0.4, 0.5) is 0 Å². The van der Waals surface area contributed by atoms with Crippen LogP contribution in [0.5, 0.6) is 5.75 Å². The highest BCUT2D eigenvalue weighted by Gasteiger charge is 2.07. The number of methoxy groups -OCH3 is 1. The Bertz CT molecular complexity index is 474. The third-order valence-electron chi connectivity index (χ3n) is 2.23. The van der Waals surface area contributed by atoms with Gasteiger partial charge in [0, 0.05) is 11.6 Å². The van der Waals surface area contributed by atoms with Crippen LogP contribution in [0.1, 0.15) is 5.56 Å². The second-order valence-electron chi connectivity index (χ2n) is 3.10. The van der Waals surface area contributed by atoms with Crippen LogP contribution in [0.15, 0.2) is 24.4 Å². The Hall–Kier alpha value is -1.28. The number of aromatic nitrogens is 1. The zero-order chi connectivity index (χ0) is 10.1. The van der Waals surface area contributed by atoms with E-state index in [0.717, 1.165) is 22.2 Å². The van der Waals surface area contributed by atoms with Crippen molar-refractivity contribution in [3.05, 3.63) is 35.0 Å². The molecule has 2 nitrogen and oxygen atoms in total. The van der Waals surface area contributed by atoms with E-state index < -0.39 is 0 Å². The largest absolute Gasteiger partial charge is 0.494 e. The minimum Gasteiger partial charge on any atom is -0.494 e. The third-order valence-corrected chi connectivity index (χ3v) is 2.55. The molecule has 3 heteroatoms. The predicted octanol–water partition coefficient (Wildman–Crippen LogP) is 3.21. The number of halogens is 1. The Labute approximate surface area is 87.5 Å². The second kappa shape index (κ2) is 3.46. The lowest BCUT2D eigenvalue weighted by molar-refractivity contribution is 0.419. The number of ether oxygens (including phenoxy) is 1. The van der Waals surface area contributed by atoms with Crippen molar-refractivity contribution in [2.24, 2.45) is 0 Å². The summed E-state index contributed by atoms with van der Waals surface area (Å²) in [4.78, 5) is 4.26. The summed E-state index contributed by atoms with van der Waals surface area (Å²) in [5, 5.41) is 1.68. The van der Waals surface area contributed by atoms with E-state index in [1.165, 1.54) is 0 Å². The second-order valence-corrected chi connectivity index (χ2v) is 3.51. The Kier molecular flexibility index (Phi) is 2.30. The molecule has 0 radical (unpaired) electrons. The summed E-state index contributed by atoms with van der Waals surface area (Å²) in [7, 11) is 1.63. The average Bonchev–Trinajstić information content (AvgIpc) is 2.18. The molecule has 0 bridgehead atoms. The molecular weight excluding hydrogens is 198 g/mol. The maximum atomic E-state index is 6.10. The molecule has 1 aromatic heterocycles. The molecular formula is C11H10ClNO. The van der Waals surface area contributed by atoms with Gasteiger partial charge in [-0.15, -0.1) is 0 Å². The van der Waals surface area contributed by atoms with E-state index in [1.807, 2.05) is 19.1 Å². The van der Waals surface area contributed by atoms with E-state index in [1.54, 1.807) is 19.4 Å². The smallest absolute Gasteiger partial charge is 0.145 e. The molecule has 2 rings (SSSR count). The minimum absolute atomic E-state index is 0.714. The first-order chi connectivity index (χ1) is 6.74. The molecule has 14 heavy (non-hydrogen) atoms. The third kappa shape index (κ3) is 1.32. The monoisotopic (exact) mass is 207 g/mol. The lowest BCUT2D eigenvalue weighted by Crippen LogP contribution is -1.89. The van der Waals surface area contributed by atoms with Gasteiger partial charge in [0.05, 0.1) is 12.1 Å². The van der Waals surface area contributed by atoms with Crippen LogP contribution in [0, 0.1) is 6.92 Å². The molecule has 0 spiro atoms. The number of nitrogens with zero attached hydrogens (tertiary/aromatic N) is 1. The number of hydrogen-bond donors (Lipinski definition) is 0. The Morgan fingerprint density at radius 2 is 2.07 bits per heavy atom. The van der Waals surface area contributed by atoms with Crippen LogP contribution in [0.25, 0.3) is 10.9 Å². The molecule has 0 saturated carbocycles. The fraction of sp³-hybridized carbons (Fsp3) is 0.182. The van der Waals surface area contributed by atoms with Crippen molar-refractivity contribution in [3.8, 4) is 5.75 Å². The molecule has 0 atom stereocenters. The summed E-state index contributed by atoms with van der Waals surface area (Å²) in [6.07, 6.45) is 1.69.